The first-order valence-electron chi connectivity index (χ1n) is 7.09. The highest BCUT2D eigenvalue weighted by Crippen LogP contribution is 2.40. The van der Waals surface area contributed by atoms with Crippen LogP contribution in [0.2, 0.25) is 5.02 Å². The van der Waals surface area contributed by atoms with Gasteiger partial charge in [0.05, 0.1) is 5.70 Å². The van der Waals surface area contributed by atoms with E-state index in [9.17, 15) is 5.26 Å². The monoisotopic (exact) mass is 327 g/mol. The number of nitrogens with two attached hydrogens (primary N) is 1. The molecule has 6 heteroatoms. The van der Waals surface area contributed by atoms with E-state index in [1.165, 1.54) is 0 Å². The molecule has 1 aromatic carbocycles. The summed E-state index contributed by atoms with van der Waals surface area (Å²) in [7, 11) is 1.73. The Hall–Kier alpha value is -2.55. The molecule has 0 unspecified atom stereocenters. The van der Waals surface area contributed by atoms with Crippen molar-refractivity contribution in [3.63, 3.8) is 0 Å². The number of hydrogen-bond acceptors (Lipinski definition) is 5. The van der Waals surface area contributed by atoms with Crippen LogP contribution in [0.1, 0.15) is 12.5 Å². The maximum Gasteiger partial charge on any atom is 0.146 e. The molecule has 1 aliphatic heterocycles. The van der Waals surface area contributed by atoms with Crippen molar-refractivity contribution < 1.29 is 0 Å². The highest BCUT2D eigenvalue weighted by Gasteiger charge is 2.30. The van der Waals surface area contributed by atoms with E-state index in [1.807, 2.05) is 18.2 Å². The Morgan fingerprint density at radius 1 is 1.48 bits per heavy atom. The van der Waals surface area contributed by atoms with Crippen LogP contribution in [0.3, 0.4) is 0 Å². The summed E-state index contributed by atoms with van der Waals surface area (Å²) in [5.74, 6) is 0.544. The lowest BCUT2D eigenvalue weighted by molar-refractivity contribution is 0.428. The predicted octanol–water partition coefficient (Wildman–Crippen LogP) is 2.84. The van der Waals surface area contributed by atoms with E-state index in [0.717, 1.165) is 11.1 Å². The molecule has 2 rings (SSSR count). The zero-order valence-corrected chi connectivity index (χ0v) is 13.9. The van der Waals surface area contributed by atoms with Gasteiger partial charge in [-0.15, -0.1) is 0 Å². The molecule has 0 saturated carbocycles. The minimum Gasteiger partial charge on any atom is -0.372 e. The molecule has 0 amide bonds. The standard InChI is InChI=1S/C17H18ClN5/c1-4-22-23-11(2)13(9-19)16(14(10-20)17(23)21-3)12-7-5-6-8-15(12)18/h4-8,21H,2,9,19H2,1,3H3/b22-4-. The Labute approximate surface area is 141 Å². The van der Waals surface area contributed by atoms with Gasteiger partial charge in [0.2, 0.25) is 0 Å². The van der Waals surface area contributed by atoms with Gasteiger partial charge in [0.1, 0.15) is 17.5 Å². The molecule has 1 aliphatic rings. The van der Waals surface area contributed by atoms with Crippen LogP contribution in [0.5, 0.6) is 0 Å². The molecule has 0 aliphatic carbocycles. The van der Waals surface area contributed by atoms with Gasteiger partial charge in [0, 0.05) is 41.5 Å². The van der Waals surface area contributed by atoms with Crippen molar-refractivity contribution in [2.24, 2.45) is 10.8 Å². The van der Waals surface area contributed by atoms with E-state index in [0.29, 0.717) is 27.7 Å². The molecule has 0 radical (unpaired) electrons. The SMILES string of the molecule is C=C1C(CN)=C(c2ccccc2Cl)C(C#N)=C(NC)N1/N=C\C. The smallest absolute Gasteiger partial charge is 0.146 e. The number of allylic oxidation sites excluding steroid dienone is 2. The maximum absolute atomic E-state index is 9.73. The van der Waals surface area contributed by atoms with Crippen LogP contribution in [0.4, 0.5) is 0 Å². The van der Waals surface area contributed by atoms with Crippen molar-refractivity contribution in [1.29, 1.82) is 5.26 Å². The average Bonchev–Trinajstić information content (AvgIpc) is 2.56. The van der Waals surface area contributed by atoms with Crippen molar-refractivity contribution in [2.45, 2.75) is 6.92 Å². The lowest BCUT2D eigenvalue weighted by Gasteiger charge is -2.32. The number of nitrogens with one attached hydrogen (secondary N) is 1. The third kappa shape index (κ3) is 2.87. The largest absolute Gasteiger partial charge is 0.372 e. The number of nitriles is 1. The van der Waals surface area contributed by atoms with Gasteiger partial charge in [-0.05, 0) is 13.0 Å². The van der Waals surface area contributed by atoms with Gasteiger partial charge in [-0.2, -0.15) is 10.4 Å². The minimum atomic E-state index is 0.220. The Morgan fingerprint density at radius 3 is 2.70 bits per heavy atom. The Balaban J connectivity index is 2.83. The van der Waals surface area contributed by atoms with Crippen molar-refractivity contribution in [1.82, 2.24) is 10.3 Å². The Kier molecular flexibility index (Phi) is 5.22. The summed E-state index contributed by atoms with van der Waals surface area (Å²) < 4.78 is 0. The summed E-state index contributed by atoms with van der Waals surface area (Å²) >= 11 is 6.34. The topological polar surface area (TPSA) is 77.4 Å². The molecule has 118 valence electrons. The summed E-state index contributed by atoms with van der Waals surface area (Å²) in [5.41, 5.74) is 9.16. The fraction of sp³-hybridized carbons (Fsp3) is 0.176. The van der Waals surface area contributed by atoms with Gasteiger partial charge in [-0.1, -0.05) is 36.4 Å². The molecule has 0 fully saturated rings. The molecule has 0 atom stereocenters. The molecule has 0 aromatic heterocycles. The van der Waals surface area contributed by atoms with Crippen LogP contribution in [-0.4, -0.2) is 24.8 Å². The predicted molar refractivity (Wildman–Crippen MR) is 94.3 cm³/mol. The molecule has 0 bridgehead atoms. The lowest BCUT2D eigenvalue weighted by Crippen LogP contribution is -2.32. The summed E-state index contributed by atoms with van der Waals surface area (Å²) in [6.45, 7) is 6.10. The summed E-state index contributed by atoms with van der Waals surface area (Å²) in [4.78, 5) is 0. The molecular weight excluding hydrogens is 310 g/mol. The fourth-order valence-electron chi connectivity index (χ4n) is 2.55. The first-order valence-corrected chi connectivity index (χ1v) is 7.47. The van der Waals surface area contributed by atoms with E-state index in [-0.39, 0.29) is 6.54 Å². The third-order valence-corrected chi connectivity index (χ3v) is 3.86. The molecule has 1 aromatic rings. The lowest BCUT2D eigenvalue weighted by atomic mass is 9.89. The van der Waals surface area contributed by atoms with Crippen LogP contribution in [0, 0.1) is 11.3 Å². The van der Waals surface area contributed by atoms with E-state index in [2.05, 4.69) is 23.1 Å². The van der Waals surface area contributed by atoms with Gasteiger partial charge in [0.15, 0.2) is 0 Å². The number of hydrazone groups is 1. The van der Waals surface area contributed by atoms with Crippen LogP contribution in [0.15, 0.2) is 58.6 Å². The van der Waals surface area contributed by atoms with E-state index in [4.69, 9.17) is 17.3 Å². The van der Waals surface area contributed by atoms with Gasteiger partial charge in [-0.25, -0.2) is 5.01 Å². The molecule has 23 heavy (non-hydrogen) atoms. The number of benzene rings is 1. The maximum atomic E-state index is 9.73. The average molecular weight is 328 g/mol. The van der Waals surface area contributed by atoms with E-state index >= 15 is 0 Å². The Bertz CT molecular complexity index is 767. The molecule has 5 nitrogen and oxygen atoms in total. The molecule has 0 spiro atoms. The van der Waals surface area contributed by atoms with Gasteiger partial charge in [-0.3, -0.25) is 0 Å². The normalized spacial score (nSPS) is 15.4. The van der Waals surface area contributed by atoms with Crippen LogP contribution in [0.25, 0.3) is 5.57 Å². The zero-order chi connectivity index (χ0) is 17.0. The number of hydrogen-bond donors (Lipinski definition) is 2. The summed E-state index contributed by atoms with van der Waals surface area (Å²) in [6, 6.07) is 9.60. The second-order valence-electron chi connectivity index (χ2n) is 4.76. The first-order chi connectivity index (χ1) is 11.1. The quantitative estimate of drug-likeness (QED) is 0.834. The van der Waals surface area contributed by atoms with Crippen molar-refractivity contribution >= 4 is 23.4 Å². The first kappa shape index (κ1) is 16.8. The number of halogens is 1. The molecule has 3 N–H and O–H groups in total. The van der Waals surface area contributed by atoms with Crippen molar-refractivity contribution in [2.75, 3.05) is 13.6 Å². The second-order valence-corrected chi connectivity index (χ2v) is 5.16. The van der Waals surface area contributed by atoms with Gasteiger partial charge in [0.25, 0.3) is 0 Å². The molecule has 0 saturated heterocycles. The van der Waals surface area contributed by atoms with Crippen molar-refractivity contribution in [3.05, 3.63) is 64.1 Å². The summed E-state index contributed by atoms with van der Waals surface area (Å²) in [6.07, 6.45) is 1.63. The third-order valence-electron chi connectivity index (χ3n) is 3.53. The number of rotatable bonds is 4. The zero-order valence-electron chi connectivity index (χ0n) is 13.1. The van der Waals surface area contributed by atoms with Crippen LogP contribution in [-0.2, 0) is 0 Å². The van der Waals surface area contributed by atoms with Crippen molar-refractivity contribution in [3.8, 4) is 6.07 Å². The second kappa shape index (κ2) is 7.14. The van der Waals surface area contributed by atoms with E-state index in [1.54, 1.807) is 31.3 Å². The molecular formula is C17H18ClN5. The summed E-state index contributed by atoms with van der Waals surface area (Å²) in [5, 5.41) is 19.2. The highest BCUT2D eigenvalue weighted by molar-refractivity contribution is 6.32. The molecule has 1 heterocycles. The van der Waals surface area contributed by atoms with Gasteiger partial charge < -0.3 is 11.1 Å². The minimum absolute atomic E-state index is 0.220. The Morgan fingerprint density at radius 2 is 2.17 bits per heavy atom. The van der Waals surface area contributed by atoms with Crippen LogP contribution < -0.4 is 11.1 Å². The fourth-order valence-corrected chi connectivity index (χ4v) is 2.78. The number of nitrogens with zero attached hydrogens (tertiary/aromatic N) is 3. The van der Waals surface area contributed by atoms with E-state index < -0.39 is 0 Å². The highest BCUT2D eigenvalue weighted by atomic mass is 35.5. The van der Waals surface area contributed by atoms with Gasteiger partial charge >= 0.3 is 0 Å². The van der Waals surface area contributed by atoms with Crippen LogP contribution >= 0.6 is 11.6 Å².